The van der Waals surface area contributed by atoms with Crippen molar-refractivity contribution in [3.63, 3.8) is 0 Å². The molecule has 0 aromatic heterocycles. The van der Waals surface area contributed by atoms with Gasteiger partial charge in [-0.25, -0.2) is 14.4 Å². The van der Waals surface area contributed by atoms with Gasteiger partial charge >= 0.3 is 127 Å². The molecule has 0 heterocycles. The number of rotatable bonds is 11. The summed E-state index contributed by atoms with van der Waals surface area (Å²) in [6.45, 7) is 27.6. The molecule has 0 radical (unpaired) electrons. The third-order valence-corrected chi connectivity index (χ3v) is 8.65. The molecular weight excluding hydrogens is 679 g/mol. The molecule has 5 N–H and O–H groups in total. The van der Waals surface area contributed by atoms with Gasteiger partial charge in [0.1, 0.15) is 0 Å². The van der Waals surface area contributed by atoms with E-state index in [9.17, 15) is 29.4 Å². The quantitative estimate of drug-likeness (QED) is 0.138. The number of carboxylic acids is 2. The summed E-state index contributed by atoms with van der Waals surface area (Å²) < 4.78 is 10.7. The Bertz CT molecular complexity index is 930. The number of ether oxygens (including phenoxy) is 2. The molecule has 0 spiro atoms. The molecule has 49 heavy (non-hydrogen) atoms. The number of carboxylic acid groups (broad SMARTS) is 2. The van der Waals surface area contributed by atoms with E-state index in [0.29, 0.717) is 24.7 Å². The molecule has 2 aliphatic rings. The van der Waals surface area contributed by atoms with Crippen LogP contribution in [0.2, 0.25) is 0 Å². The molecular formula is C37H70K2N2O8-2. The van der Waals surface area contributed by atoms with Crippen LogP contribution in [0.5, 0.6) is 0 Å². The number of nitrogens with two attached hydrogens (primary N) is 1. The van der Waals surface area contributed by atoms with E-state index in [4.69, 9.17) is 15.2 Å². The second-order valence-corrected chi connectivity index (χ2v) is 13.6. The molecule has 0 bridgehead atoms. The summed E-state index contributed by atoms with van der Waals surface area (Å²) in [5.74, 6) is -2.13. The molecule has 0 aromatic carbocycles. The number of esters is 2. The molecule has 4 unspecified atom stereocenters. The van der Waals surface area contributed by atoms with E-state index < -0.39 is 35.1 Å². The standard InChI is InChI=1S/C15H26NO4.C15H24O4.2C3H7.CH4.2K.H2N/c1-9(2)11-5-7-15(14(18)19,13(11)10(3)4)20-12(17)6-8-16;1-6-12(16)19-15(14(17)18)8-7-11(9(2)3)13(15)10(4)5;2*1-3-2;;;;/h9-11,13,16H,5-8H2,1-4H3,(H,18,19);6,9-11,13H,1,7-8H2,2-5H3,(H,17,18);2*3H,1-2H3;1H4;;;1H2/q-1;;2*-1;;2*+1;-1/t2*11?,13?,15-;;;;;;/m11....../s1. The number of aliphatic carboxylic acids is 2. The molecule has 280 valence electrons. The number of carbonyl (C=O) groups is 4. The number of carbonyl (C=O) groups excluding carboxylic acids is 2. The molecule has 2 aliphatic carbocycles. The van der Waals surface area contributed by atoms with E-state index >= 15 is 0 Å². The molecule has 2 saturated carbocycles. The second kappa shape index (κ2) is 31.2. The van der Waals surface area contributed by atoms with Gasteiger partial charge in [0.2, 0.25) is 11.2 Å². The van der Waals surface area contributed by atoms with Crippen molar-refractivity contribution in [2.75, 3.05) is 6.54 Å². The van der Waals surface area contributed by atoms with Gasteiger partial charge in [-0.15, -0.1) is 6.54 Å². The molecule has 10 nitrogen and oxygen atoms in total. The Morgan fingerprint density at radius 3 is 1.29 bits per heavy atom. The Morgan fingerprint density at radius 2 is 1.06 bits per heavy atom. The van der Waals surface area contributed by atoms with Gasteiger partial charge in [0.05, 0.1) is 0 Å². The maximum Gasteiger partial charge on any atom is 1.00 e. The van der Waals surface area contributed by atoms with Gasteiger partial charge < -0.3 is 44.4 Å². The van der Waals surface area contributed by atoms with Crippen LogP contribution in [-0.4, -0.2) is 51.8 Å². The minimum Gasteiger partial charge on any atom is -0.693 e. The first-order chi connectivity index (χ1) is 20.8. The predicted octanol–water partition coefficient (Wildman–Crippen LogP) is 3.83. The Hall–Kier alpha value is 0.813. The van der Waals surface area contributed by atoms with E-state index in [1.165, 1.54) is 0 Å². The normalized spacial score (nSPS) is 24.8. The van der Waals surface area contributed by atoms with Crippen LogP contribution in [0.4, 0.5) is 0 Å². The molecule has 0 aromatic rings. The number of hydrogen-bond acceptors (Lipinski definition) is 6. The molecule has 0 amide bonds. The summed E-state index contributed by atoms with van der Waals surface area (Å²) >= 11 is 0. The largest absolute Gasteiger partial charge is 1.00 e. The molecule has 2 fully saturated rings. The fourth-order valence-electron chi connectivity index (χ4n) is 7.11. The molecule has 6 atom stereocenters. The van der Waals surface area contributed by atoms with Gasteiger partial charge in [-0.1, -0.05) is 69.4 Å². The summed E-state index contributed by atoms with van der Waals surface area (Å²) in [4.78, 5) is 46.8. The topological polar surface area (TPSA) is 184 Å². The van der Waals surface area contributed by atoms with Gasteiger partial charge in [-0.2, -0.15) is 27.7 Å². The molecule has 12 heteroatoms. The number of hydrogen-bond donors (Lipinski definition) is 2. The van der Waals surface area contributed by atoms with Crippen LogP contribution in [0.3, 0.4) is 0 Å². The minimum absolute atomic E-state index is 0. The zero-order valence-electron chi connectivity index (χ0n) is 32.7. The second-order valence-electron chi connectivity index (χ2n) is 13.6. The van der Waals surface area contributed by atoms with Gasteiger partial charge in [0.15, 0.2) is 0 Å². The van der Waals surface area contributed by atoms with Crippen LogP contribution in [0.1, 0.15) is 123 Å². The van der Waals surface area contributed by atoms with Crippen LogP contribution in [-0.2, 0) is 28.7 Å². The molecule has 0 aliphatic heterocycles. The Balaban J connectivity index is -0.000000152. The van der Waals surface area contributed by atoms with Gasteiger partial charge in [0.25, 0.3) is 0 Å². The Labute approximate surface area is 385 Å². The zero-order valence-corrected chi connectivity index (χ0v) is 39.0. The first-order valence-electron chi connectivity index (χ1n) is 16.5. The smallest absolute Gasteiger partial charge is 0.693 e. The van der Waals surface area contributed by atoms with Crippen molar-refractivity contribution < 1.29 is 142 Å². The van der Waals surface area contributed by atoms with Crippen LogP contribution in [0, 0.1) is 60.2 Å². The third-order valence-electron chi connectivity index (χ3n) is 8.65. The zero-order chi connectivity index (χ0) is 35.7. The minimum atomic E-state index is -1.41. The van der Waals surface area contributed by atoms with E-state index in [1.54, 1.807) is 0 Å². The average Bonchev–Trinajstić information content (AvgIpc) is 3.51. The van der Waals surface area contributed by atoms with Gasteiger partial charge in [-0.05, 0) is 61.2 Å². The predicted molar refractivity (Wildman–Crippen MR) is 192 cm³/mol. The van der Waals surface area contributed by atoms with Gasteiger partial charge in [0, 0.05) is 24.3 Å². The third kappa shape index (κ3) is 18.6. The maximum absolute atomic E-state index is 11.8. The van der Waals surface area contributed by atoms with Crippen molar-refractivity contribution in [3.05, 3.63) is 37.4 Å². The summed E-state index contributed by atoms with van der Waals surface area (Å²) in [5.41, 5.74) is 4.27. The average molecular weight is 749 g/mol. The summed E-state index contributed by atoms with van der Waals surface area (Å²) in [7, 11) is 0. The van der Waals surface area contributed by atoms with E-state index in [2.05, 4.69) is 34.3 Å². The fraction of sp³-hybridized carbons (Fsp3) is 0.784. The van der Waals surface area contributed by atoms with Crippen LogP contribution < -0.4 is 103 Å². The Kier molecular flexibility index (Phi) is 39.4. The first kappa shape index (κ1) is 61.8. The van der Waals surface area contributed by atoms with E-state index in [0.717, 1.165) is 18.9 Å². The fourth-order valence-corrected chi connectivity index (χ4v) is 7.11. The van der Waals surface area contributed by atoms with Crippen molar-refractivity contribution in [1.29, 1.82) is 0 Å². The summed E-state index contributed by atoms with van der Waals surface area (Å²) in [5, 5.41) is 19.3. The van der Waals surface area contributed by atoms with Gasteiger partial charge in [-0.3, -0.25) is 4.79 Å². The SMILES string of the molecule is C.C=CC(=O)O[C@]1(C(=O)O)CCC(C(C)C)C1C(C)C.CC(C)C1CC[C@](OC(=O)CC[NH-])(C(=O)O)C1C(C)C.C[CH-]C.C[CH-]C.[K+].[K+].[NH2-]. The van der Waals surface area contributed by atoms with Crippen molar-refractivity contribution in [1.82, 2.24) is 0 Å². The Morgan fingerprint density at radius 1 is 0.755 bits per heavy atom. The van der Waals surface area contributed by atoms with Crippen molar-refractivity contribution >= 4 is 23.9 Å². The summed E-state index contributed by atoms with van der Waals surface area (Å²) in [6.07, 6.45) is 7.28. The van der Waals surface area contributed by atoms with E-state index in [1.807, 2.05) is 68.2 Å². The number of nitrogens with one attached hydrogen (secondary N) is 1. The molecule has 2 rings (SSSR count). The first-order valence-corrected chi connectivity index (χ1v) is 16.5. The monoisotopic (exact) mass is 748 g/mol. The van der Waals surface area contributed by atoms with Crippen LogP contribution in [0.15, 0.2) is 12.7 Å². The molecule has 0 saturated heterocycles. The van der Waals surface area contributed by atoms with Crippen LogP contribution in [0.25, 0.3) is 11.9 Å². The summed E-state index contributed by atoms with van der Waals surface area (Å²) in [6, 6.07) is 0. The van der Waals surface area contributed by atoms with Crippen molar-refractivity contribution in [2.24, 2.45) is 47.3 Å². The van der Waals surface area contributed by atoms with Crippen molar-refractivity contribution in [3.8, 4) is 0 Å². The maximum atomic E-state index is 11.8. The van der Waals surface area contributed by atoms with E-state index in [-0.39, 0.29) is 165 Å². The van der Waals surface area contributed by atoms with Crippen molar-refractivity contribution in [2.45, 2.75) is 134 Å². The van der Waals surface area contributed by atoms with Crippen LogP contribution >= 0.6 is 0 Å².